The second-order valence-corrected chi connectivity index (χ2v) is 7.54. The Kier molecular flexibility index (Phi) is 5.30. The highest BCUT2D eigenvalue weighted by Gasteiger charge is 2.43. The van der Waals surface area contributed by atoms with Crippen LogP contribution in [0.15, 0.2) is 16.7 Å². The fraction of sp³-hybridized carbons (Fsp3) is 0.538. The highest BCUT2D eigenvalue weighted by molar-refractivity contribution is 7.92. The molecular weight excluding hydrogens is 296 g/mol. The Hall–Kier alpha value is -1.67. The molecule has 118 valence electrons. The molecule has 1 atom stereocenters. The van der Waals surface area contributed by atoms with Crippen molar-refractivity contribution in [2.24, 2.45) is 0 Å². The minimum Gasteiger partial charge on any atom is -0.356 e. The zero-order valence-electron chi connectivity index (χ0n) is 12.5. The molecule has 0 bridgehead atoms. The molecule has 0 aliphatic carbocycles. The Bertz CT molecular complexity index is 647. The van der Waals surface area contributed by atoms with Gasteiger partial charge in [0.05, 0.1) is 5.69 Å². The summed E-state index contributed by atoms with van der Waals surface area (Å²) in [6, 6.07) is 1.70. The van der Waals surface area contributed by atoms with Crippen LogP contribution in [-0.4, -0.2) is 35.7 Å². The molecule has 21 heavy (non-hydrogen) atoms. The Labute approximate surface area is 123 Å². The lowest BCUT2D eigenvalue weighted by atomic mass is 10.0. The van der Waals surface area contributed by atoms with Gasteiger partial charge in [0.15, 0.2) is 15.6 Å². The topological polar surface area (TPSA) is 110 Å². The van der Waals surface area contributed by atoms with Gasteiger partial charge in [-0.15, -0.1) is 0 Å². The van der Waals surface area contributed by atoms with Crippen LogP contribution in [0, 0.1) is 0 Å². The lowest BCUT2D eigenvalue weighted by molar-refractivity contribution is -0.131. The van der Waals surface area contributed by atoms with Crippen LogP contribution in [0.4, 0.5) is 0 Å². The van der Waals surface area contributed by atoms with Gasteiger partial charge in [-0.1, -0.05) is 11.2 Å². The van der Waals surface area contributed by atoms with Crippen molar-refractivity contribution in [1.29, 1.82) is 0 Å². The summed E-state index contributed by atoms with van der Waals surface area (Å²) >= 11 is 0. The van der Waals surface area contributed by atoms with E-state index in [1.807, 2.05) is 19.9 Å². The number of amides is 1. The molecule has 7 nitrogen and oxygen atoms in total. The van der Waals surface area contributed by atoms with Crippen LogP contribution < -0.4 is 5.48 Å². The van der Waals surface area contributed by atoms with Crippen LogP contribution in [-0.2, 0) is 21.1 Å². The second kappa shape index (κ2) is 6.40. The molecule has 0 unspecified atom stereocenters. The van der Waals surface area contributed by atoms with Gasteiger partial charge in [0.1, 0.15) is 4.75 Å². The summed E-state index contributed by atoms with van der Waals surface area (Å²) in [5.41, 5.74) is 2.87. The second-order valence-electron chi connectivity index (χ2n) is 5.10. The zero-order chi connectivity index (χ0) is 16.3. The Morgan fingerprint density at radius 3 is 2.67 bits per heavy atom. The van der Waals surface area contributed by atoms with Crippen LogP contribution in [0.5, 0.6) is 0 Å². The minimum absolute atomic E-state index is 0.0148. The third-order valence-electron chi connectivity index (χ3n) is 3.64. The molecule has 2 N–H and O–H groups in total. The summed E-state index contributed by atoms with van der Waals surface area (Å²) in [4.78, 5) is 11.7. The van der Waals surface area contributed by atoms with Crippen molar-refractivity contribution >= 4 is 21.3 Å². The van der Waals surface area contributed by atoms with Gasteiger partial charge in [0.2, 0.25) is 0 Å². The fourth-order valence-corrected chi connectivity index (χ4v) is 2.57. The number of allylic oxidation sites excluding steroid dienone is 2. The van der Waals surface area contributed by atoms with Crippen LogP contribution in [0.25, 0.3) is 5.57 Å². The molecule has 0 radical (unpaired) electrons. The van der Waals surface area contributed by atoms with E-state index in [1.165, 1.54) is 12.4 Å². The molecule has 0 saturated carbocycles. The first-order valence-electron chi connectivity index (χ1n) is 6.38. The largest absolute Gasteiger partial charge is 0.356 e. The van der Waals surface area contributed by atoms with Gasteiger partial charge in [0, 0.05) is 12.3 Å². The normalized spacial score (nSPS) is 15.6. The smallest absolute Gasteiger partial charge is 0.264 e. The fourth-order valence-electron chi connectivity index (χ4n) is 1.71. The van der Waals surface area contributed by atoms with Gasteiger partial charge < -0.3 is 4.52 Å². The first kappa shape index (κ1) is 17.4. The zero-order valence-corrected chi connectivity index (χ0v) is 13.3. The number of nitrogens with one attached hydrogen (secondary N) is 1. The van der Waals surface area contributed by atoms with Crippen LogP contribution in [0.1, 0.15) is 38.6 Å². The van der Waals surface area contributed by atoms with Crippen LogP contribution >= 0.6 is 0 Å². The lowest BCUT2D eigenvalue weighted by Gasteiger charge is -2.24. The summed E-state index contributed by atoms with van der Waals surface area (Å²) in [7, 11) is -3.70. The maximum atomic E-state index is 11.8. The molecule has 0 spiro atoms. The molecule has 8 heteroatoms. The summed E-state index contributed by atoms with van der Waals surface area (Å²) < 4.78 is 27.0. The van der Waals surface area contributed by atoms with Gasteiger partial charge in [-0.05, 0) is 39.2 Å². The number of carbonyl (C=O) groups excluding carboxylic acids is 1. The van der Waals surface area contributed by atoms with Crippen molar-refractivity contribution < 1.29 is 22.9 Å². The van der Waals surface area contributed by atoms with E-state index in [0.29, 0.717) is 11.5 Å². The van der Waals surface area contributed by atoms with Crippen molar-refractivity contribution in [3.63, 3.8) is 0 Å². The predicted octanol–water partition coefficient (Wildman–Crippen LogP) is 1.34. The molecule has 1 aromatic heterocycles. The van der Waals surface area contributed by atoms with Crippen molar-refractivity contribution in [3.05, 3.63) is 23.6 Å². The standard InChI is InChI=1S/C13H20N2O5S/c1-5-9(2)11-8-10(15-20-11)6-7-13(3,12(16)14-17)21(4,18)19/h5,8,17H,6-7H2,1-4H3,(H,14,16)/b9-5-/t13-/m1/s1. The maximum absolute atomic E-state index is 11.8. The van der Waals surface area contributed by atoms with Crippen molar-refractivity contribution in [1.82, 2.24) is 10.6 Å². The number of rotatable bonds is 6. The molecule has 1 amide bonds. The Morgan fingerprint density at radius 1 is 1.57 bits per heavy atom. The van der Waals surface area contributed by atoms with E-state index in [-0.39, 0.29) is 12.8 Å². The highest BCUT2D eigenvalue weighted by Crippen LogP contribution is 2.24. The summed E-state index contributed by atoms with van der Waals surface area (Å²) in [6.45, 7) is 5.00. The average molecular weight is 316 g/mol. The summed E-state index contributed by atoms with van der Waals surface area (Å²) in [5, 5.41) is 12.6. The van der Waals surface area contributed by atoms with E-state index in [9.17, 15) is 13.2 Å². The quantitative estimate of drug-likeness (QED) is 0.605. The van der Waals surface area contributed by atoms with Gasteiger partial charge >= 0.3 is 0 Å². The van der Waals surface area contributed by atoms with Crippen molar-refractivity contribution in [2.45, 2.75) is 38.4 Å². The van der Waals surface area contributed by atoms with Crippen LogP contribution in [0.3, 0.4) is 0 Å². The predicted molar refractivity (Wildman–Crippen MR) is 77.3 cm³/mol. The average Bonchev–Trinajstić information content (AvgIpc) is 2.90. The van der Waals surface area contributed by atoms with Gasteiger partial charge in [0.25, 0.3) is 5.91 Å². The Balaban J connectivity index is 2.93. The third-order valence-corrected chi connectivity index (χ3v) is 5.67. The molecule has 0 aromatic carbocycles. The van der Waals surface area contributed by atoms with E-state index in [0.717, 1.165) is 11.8 Å². The van der Waals surface area contributed by atoms with Crippen molar-refractivity contribution in [3.8, 4) is 0 Å². The van der Waals surface area contributed by atoms with Gasteiger partial charge in [-0.2, -0.15) is 0 Å². The first-order chi connectivity index (χ1) is 9.65. The third kappa shape index (κ3) is 3.70. The minimum atomic E-state index is -3.70. The molecule has 1 rings (SSSR count). The number of aryl methyl sites for hydroxylation is 1. The number of sulfone groups is 1. The molecule has 0 saturated heterocycles. The molecule has 1 heterocycles. The van der Waals surface area contributed by atoms with E-state index in [4.69, 9.17) is 9.73 Å². The number of hydroxylamine groups is 1. The Morgan fingerprint density at radius 2 is 2.19 bits per heavy atom. The highest BCUT2D eigenvalue weighted by atomic mass is 32.2. The molecule has 0 aliphatic heterocycles. The van der Waals surface area contributed by atoms with E-state index >= 15 is 0 Å². The number of carbonyl (C=O) groups is 1. The maximum Gasteiger partial charge on any atom is 0.264 e. The molecular formula is C13H20N2O5S. The van der Waals surface area contributed by atoms with E-state index < -0.39 is 20.5 Å². The molecule has 0 fully saturated rings. The molecule has 1 aromatic rings. The number of hydrogen-bond donors (Lipinski definition) is 2. The van der Waals surface area contributed by atoms with Gasteiger partial charge in [-0.3, -0.25) is 10.0 Å². The number of aromatic nitrogens is 1. The van der Waals surface area contributed by atoms with E-state index in [2.05, 4.69) is 5.16 Å². The SMILES string of the molecule is C/C=C(/C)c1cc(CC[C@](C)(C(=O)NO)S(C)(=O)=O)no1. The van der Waals surface area contributed by atoms with Gasteiger partial charge in [-0.25, -0.2) is 13.9 Å². The van der Waals surface area contributed by atoms with Crippen molar-refractivity contribution in [2.75, 3.05) is 6.26 Å². The number of hydrogen-bond acceptors (Lipinski definition) is 6. The monoisotopic (exact) mass is 316 g/mol. The summed E-state index contributed by atoms with van der Waals surface area (Å²) in [6.07, 6.45) is 3.04. The van der Waals surface area contributed by atoms with Crippen LogP contribution in [0.2, 0.25) is 0 Å². The first-order valence-corrected chi connectivity index (χ1v) is 8.28. The number of nitrogens with zero attached hydrogens (tertiary/aromatic N) is 1. The lowest BCUT2D eigenvalue weighted by Crippen LogP contribution is -2.49. The van der Waals surface area contributed by atoms with E-state index in [1.54, 1.807) is 6.07 Å². The summed E-state index contributed by atoms with van der Waals surface area (Å²) in [5.74, 6) is -0.362. The molecule has 0 aliphatic rings.